The number of ether oxygens (including phenoxy) is 1. The van der Waals surface area contributed by atoms with Gasteiger partial charge in [-0.15, -0.1) is 0 Å². The van der Waals surface area contributed by atoms with E-state index in [1.54, 1.807) is 6.92 Å². The van der Waals surface area contributed by atoms with E-state index in [0.29, 0.717) is 12.8 Å². The molecule has 0 radical (unpaired) electrons. The Hall–Kier alpha value is -0.340. The molecule has 0 fully saturated rings. The van der Waals surface area contributed by atoms with Crippen LogP contribution in [0.2, 0.25) is 0 Å². The van der Waals surface area contributed by atoms with Crippen LogP contribution in [0.4, 0.5) is 13.2 Å². The van der Waals surface area contributed by atoms with Crippen LogP contribution in [0.15, 0.2) is 0 Å². The van der Waals surface area contributed by atoms with Crippen LogP contribution in [0.5, 0.6) is 0 Å². The third-order valence-electron chi connectivity index (χ3n) is 3.83. The number of rotatable bonds is 8. The van der Waals surface area contributed by atoms with Crippen molar-refractivity contribution in [1.29, 1.82) is 0 Å². The molecule has 0 aliphatic heterocycles. The Labute approximate surface area is 118 Å². The van der Waals surface area contributed by atoms with Crippen molar-refractivity contribution < 1.29 is 30.9 Å². The lowest BCUT2D eigenvalue weighted by Crippen LogP contribution is -2.46. The quantitative estimate of drug-likeness (QED) is 0.696. The van der Waals surface area contributed by atoms with E-state index < -0.39 is 39.2 Å². The molecule has 8 heteroatoms. The van der Waals surface area contributed by atoms with Gasteiger partial charge in [-0.3, -0.25) is 4.55 Å². The molecule has 1 N–H and O–H groups in total. The van der Waals surface area contributed by atoms with Crippen LogP contribution in [0.3, 0.4) is 0 Å². The monoisotopic (exact) mass is 320 g/mol. The van der Waals surface area contributed by atoms with Gasteiger partial charge in [0.1, 0.15) is 0 Å². The normalized spacial score (nSPS) is 18.6. The molecule has 0 amide bonds. The third-order valence-corrected chi connectivity index (χ3v) is 4.75. The fourth-order valence-electron chi connectivity index (χ4n) is 1.66. The van der Waals surface area contributed by atoms with E-state index in [9.17, 15) is 21.6 Å². The van der Waals surface area contributed by atoms with Gasteiger partial charge in [-0.25, -0.2) is 4.39 Å². The summed E-state index contributed by atoms with van der Waals surface area (Å²) in [6.45, 7) is 7.99. The first-order chi connectivity index (χ1) is 8.82. The first-order valence-electron chi connectivity index (χ1n) is 6.49. The summed E-state index contributed by atoms with van der Waals surface area (Å²) in [5, 5.41) is -4.85. The SMILES string of the molecule is CCC(C)(CC)OC(C)C(C)C(F)C(F)(F)S(=O)(=O)O. The van der Waals surface area contributed by atoms with Gasteiger partial charge in [-0.1, -0.05) is 20.8 Å². The summed E-state index contributed by atoms with van der Waals surface area (Å²) in [7, 11) is -5.80. The van der Waals surface area contributed by atoms with Crippen molar-refractivity contribution in [3.8, 4) is 0 Å². The lowest BCUT2D eigenvalue weighted by Gasteiger charge is -2.35. The summed E-state index contributed by atoms with van der Waals surface area (Å²) in [5.41, 5.74) is -0.596. The summed E-state index contributed by atoms with van der Waals surface area (Å²) in [6.07, 6.45) is -2.77. The van der Waals surface area contributed by atoms with Crippen molar-refractivity contribution >= 4 is 10.1 Å². The van der Waals surface area contributed by atoms with Crippen molar-refractivity contribution in [2.75, 3.05) is 0 Å². The van der Waals surface area contributed by atoms with E-state index in [2.05, 4.69) is 0 Å². The third kappa shape index (κ3) is 4.33. The maximum atomic E-state index is 13.7. The summed E-state index contributed by atoms with van der Waals surface area (Å²) in [4.78, 5) is 0. The van der Waals surface area contributed by atoms with Crippen molar-refractivity contribution in [2.45, 2.75) is 70.6 Å². The second kappa shape index (κ2) is 6.62. The van der Waals surface area contributed by atoms with Crippen LogP contribution >= 0.6 is 0 Å². The van der Waals surface area contributed by atoms with Crippen molar-refractivity contribution in [2.24, 2.45) is 5.92 Å². The molecule has 0 heterocycles. The molecule has 0 aliphatic carbocycles. The second-order valence-electron chi connectivity index (χ2n) is 5.28. The van der Waals surface area contributed by atoms with E-state index >= 15 is 0 Å². The Balaban J connectivity index is 5.04. The molecule has 0 spiro atoms. The van der Waals surface area contributed by atoms with Crippen molar-refractivity contribution in [3.05, 3.63) is 0 Å². The van der Waals surface area contributed by atoms with Gasteiger partial charge in [-0.05, 0) is 26.7 Å². The summed E-state index contributed by atoms with van der Waals surface area (Å²) in [6, 6.07) is 0. The highest BCUT2D eigenvalue weighted by Crippen LogP contribution is 2.35. The number of hydrogen-bond acceptors (Lipinski definition) is 3. The Bertz CT molecular complexity index is 407. The zero-order chi connectivity index (χ0) is 16.4. The molecule has 20 heavy (non-hydrogen) atoms. The fourth-order valence-corrected chi connectivity index (χ4v) is 2.16. The van der Waals surface area contributed by atoms with E-state index in [1.165, 1.54) is 6.92 Å². The van der Waals surface area contributed by atoms with E-state index in [4.69, 9.17) is 9.29 Å². The maximum Gasteiger partial charge on any atom is 0.400 e. The van der Waals surface area contributed by atoms with Gasteiger partial charge < -0.3 is 4.74 Å². The lowest BCUT2D eigenvalue weighted by atomic mass is 9.96. The van der Waals surface area contributed by atoms with Gasteiger partial charge in [0.05, 0.1) is 11.7 Å². The Morgan fingerprint density at radius 2 is 1.60 bits per heavy atom. The van der Waals surface area contributed by atoms with E-state index in [1.807, 2.05) is 13.8 Å². The summed E-state index contributed by atoms with van der Waals surface area (Å²) >= 11 is 0. The predicted molar refractivity (Wildman–Crippen MR) is 70.1 cm³/mol. The summed E-state index contributed by atoms with van der Waals surface area (Å²) < 4.78 is 75.3. The first-order valence-corrected chi connectivity index (χ1v) is 7.93. The largest absolute Gasteiger partial charge is 0.400 e. The zero-order valence-corrected chi connectivity index (χ0v) is 13.2. The smallest absolute Gasteiger partial charge is 0.372 e. The Kier molecular flexibility index (Phi) is 6.50. The fraction of sp³-hybridized carbons (Fsp3) is 1.00. The molecular formula is C12H23F3O4S. The van der Waals surface area contributed by atoms with Crippen LogP contribution in [-0.4, -0.2) is 36.1 Å². The van der Waals surface area contributed by atoms with E-state index in [0.717, 1.165) is 6.92 Å². The highest BCUT2D eigenvalue weighted by Gasteiger charge is 2.55. The minimum Gasteiger partial charge on any atom is -0.372 e. The van der Waals surface area contributed by atoms with Crippen LogP contribution < -0.4 is 0 Å². The average molecular weight is 320 g/mol. The molecule has 122 valence electrons. The van der Waals surface area contributed by atoms with Gasteiger partial charge in [-0.2, -0.15) is 17.2 Å². The van der Waals surface area contributed by atoms with Gasteiger partial charge in [0.15, 0.2) is 6.17 Å². The minimum atomic E-state index is -5.80. The highest BCUT2D eigenvalue weighted by atomic mass is 32.2. The highest BCUT2D eigenvalue weighted by molar-refractivity contribution is 7.86. The standard InChI is InChI=1S/C12H23F3O4S/c1-6-11(5,7-2)19-9(4)8(3)10(13)12(14,15)20(16,17)18/h8-10H,6-7H2,1-5H3,(H,16,17,18). The van der Waals surface area contributed by atoms with Crippen molar-refractivity contribution in [1.82, 2.24) is 0 Å². The molecule has 0 aliphatic rings. The number of halogens is 3. The molecule has 3 atom stereocenters. The molecule has 0 aromatic carbocycles. The topological polar surface area (TPSA) is 63.6 Å². The Morgan fingerprint density at radius 1 is 1.20 bits per heavy atom. The zero-order valence-electron chi connectivity index (χ0n) is 12.4. The molecule has 0 rings (SSSR count). The lowest BCUT2D eigenvalue weighted by molar-refractivity contribution is -0.129. The Morgan fingerprint density at radius 3 is 1.90 bits per heavy atom. The first kappa shape index (κ1) is 19.7. The maximum absolute atomic E-state index is 13.7. The molecule has 0 saturated heterocycles. The van der Waals surface area contributed by atoms with Gasteiger partial charge in [0.2, 0.25) is 0 Å². The predicted octanol–water partition coefficient (Wildman–Crippen LogP) is 3.43. The second-order valence-corrected chi connectivity index (χ2v) is 6.77. The van der Waals surface area contributed by atoms with Crippen LogP contribution in [0.1, 0.15) is 47.5 Å². The number of hydrogen-bond donors (Lipinski definition) is 1. The average Bonchev–Trinajstić information content (AvgIpc) is 2.35. The van der Waals surface area contributed by atoms with Crippen LogP contribution in [0.25, 0.3) is 0 Å². The molecule has 0 aromatic heterocycles. The van der Waals surface area contributed by atoms with E-state index in [-0.39, 0.29) is 0 Å². The van der Waals surface area contributed by atoms with Crippen molar-refractivity contribution in [3.63, 3.8) is 0 Å². The molecule has 3 unspecified atom stereocenters. The summed E-state index contributed by atoms with van der Waals surface area (Å²) in [5.74, 6) is -1.40. The molecule has 0 saturated carbocycles. The van der Waals surface area contributed by atoms with Gasteiger partial charge in [0, 0.05) is 5.92 Å². The number of alkyl halides is 3. The minimum absolute atomic E-state index is 0.596. The molecule has 4 nitrogen and oxygen atoms in total. The molecule has 0 bridgehead atoms. The van der Waals surface area contributed by atoms with Gasteiger partial charge in [0.25, 0.3) is 0 Å². The molecular weight excluding hydrogens is 297 g/mol. The molecule has 0 aromatic rings. The van der Waals surface area contributed by atoms with Crippen LogP contribution in [0, 0.1) is 5.92 Å². The van der Waals surface area contributed by atoms with Gasteiger partial charge >= 0.3 is 15.4 Å². The van der Waals surface area contributed by atoms with Crippen LogP contribution in [-0.2, 0) is 14.9 Å².